The fourth-order valence-corrected chi connectivity index (χ4v) is 2.12. The Morgan fingerprint density at radius 1 is 1.05 bits per heavy atom. The van der Waals surface area contributed by atoms with Crippen LogP contribution in [0, 0.1) is 6.92 Å². The first-order chi connectivity index (χ1) is 9.81. The van der Waals surface area contributed by atoms with Crippen molar-refractivity contribution < 1.29 is 0 Å². The number of rotatable bonds is 4. The summed E-state index contributed by atoms with van der Waals surface area (Å²) in [6.45, 7) is 2.93. The van der Waals surface area contributed by atoms with Crippen molar-refractivity contribution in [2.24, 2.45) is 0 Å². The van der Waals surface area contributed by atoms with Gasteiger partial charge >= 0.3 is 0 Å². The second kappa shape index (κ2) is 5.61. The maximum Gasteiger partial charge on any atom is 0.0650 e. The predicted molar refractivity (Wildman–Crippen MR) is 82.5 cm³/mol. The molecule has 0 aliphatic carbocycles. The highest BCUT2D eigenvalue weighted by Gasteiger charge is 2.00. The third-order valence-electron chi connectivity index (χ3n) is 3.29. The SMILES string of the molecule is Cc1ccc(CNc2cccc(-c3ccn[nH]3)c2)cc1. The molecule has 20 heavy (non-hydrogen) atoms. The lowest BCUT2D eigenvalue weighted by Gasteiger charge is -2.08. The van der Waals surface area contributed by atoms with Crippen LogP contribution >= 0.6 is 0 Å². The second-order valence-electron chi connectivity index (χ2n) is 4.89. The van der Waals surface area contributed by atoms with E-state index in [1.165, 1.54) is 11.1 Å². The number of benzene rings is 2. The molecule has 3 heteroatoms. The summed E-state index contributed by atoms with van der Waals surface area (Å²) in [6.07, 6.45) is 1.77. The average molecular weight is 263 g/mol. The molecule has 0 saturated heterocycles. The van der Waals surface area contributed by atoms with E-state index in [0.717, 1.165) is 23.5 Å². The van der Waals surface area contributed by atoms with Gasteiger partial charge in [-0.05, 0) is 30.7 Å². The van der Waals surface area contributed by atoms with E-state index in [1.807, 2.05) is 12.1 Å². The van der Waals surface area contributed by atoms with Gasteiger partial charge in [-0.15, -0.1) is 0 Å². The van der Waals surface area contributed by atoms with Gasteiger partial charge in [0.25, 0.3) is 0 Å². The van der Waals surface area contributed by atoms with Crippen molar-refractivity contribution in [3.63, 3.8) is 0 Å². The monoisotopic (exact) mass is 263 g/mol. The van der Waals surface area contributed by atoms with Crippen LogP contribution in [0.4, 0.5) is 5.69 Å². The second-order valence-corrected chi connectivity index (χ2v) is 4.89. The summed E-state index contributed by atoms with van der Waals surface area (Å²) in [5.41, 5.74) is 5.84. The van der Waals surface area contributed by atoms with E-state index in [2.05, 4.69) is 64.9 Å². The summed E-state index contributed by atoms with van der Waals surface area (Å²) < 4.78 is 0. The summed E-state index contributed by atoms with van der Waals surface area (Å²) in [6, 6.07) is 18.9. The lowest BCUT2D eigenvalue weighted by Crippen LogP contribution is -1.99. The largest absolute Gasteiger partial charge is 0.381 e. The lowest BCUT2D eigenvalue weighted by molar-refractivity contribution is 1.09. The average Bonchev–Trinajstić information content (AvgIpc) is 3.01. The molecule has 1 aromatic heterocycles. The summed E-state index contributed by atoms with van der Waals surface area (Å²) in [7, 11) is 0. The fraction of sp³-hybridized carbons (Fsp3) is 0.118. The summed E-state index contributed by atoms with van der Waals surface area (Å²) in [5, 5.41) is 10.4. The Bertz CT molecular complexity index is 670. The topological polar surface area (TPSA) is 40.7 Å². The molecule has 0 unspecified atom stereocenters. The van der Waals surface area contributed by atoms with Crippen LogP contribution < -0.4 is 5.32 Å². The Morgan fingerprint density at radius 3 is 2.65 bits per heavy atom. The molecule has 0 bridgehead atoms. The Morgan fingerprint density at radius 2 is 1.90 bits per heavy atom. The number of hydrogen-bond donors (Lipinski definition) is 2. The van der Waals surface area contributed by atoms with Crippen molar-refractivity contribution in [2.75, 3.05) is 5.32 Å². The summed E-state index contributed by atoms with van der Waals surface area (Å²) in [4.78, 5) is 0. The first-order valence-electron chi connectivity index (χ1n) is 6.70. The van der Waals surface area contributed by atoms with Gasteiger partial charge in [0.15, 0.2) is 0 Å². The molecule has 0 spiro atoms. The van der Waals surface area contributed by atoms with Crippen LogP contribution in [-0.2, 0) is 6.54 Å². The number of hydrogen-bond acceptors (Lipinski definition) is 2. The minimum absolute atomic E-state index is 0.826. The number of anilines is 1. The van der Waals surface area contributed by atoms with Crippen LogP contribution in [0.2, 0.25) is 0 Å². The van der Waals surface area contributed by atoms with Crippen LogP contribution in [0.5, 0.6) is 0 Å². The molecular weight excluding hydrogens is 246 g/mol. The fourth-order valence-electron chi connectivity index (χ4n) is 2.12. The zero-order valence-corrected chi connectivity index (χ0v) is 11.4. The first kappa shape index (κ1) is 12.5. The molecule has 3 nitrogen and oxygen atoms in total. The summed E-state index contributed by atoms with van der Waals surface area (Å²) >= 11 is 0. The molecule has 1 heterocycles. The minimum atomic E-state index is 0.826. The highest BCUT2D eigenvalue weighted by Crippen LogP contribution is 2.20. The molecule has 0 fully saturated rings. The van der Waals surface area contributed by atoms with E-state index in [-0.39, 0.29) is 0 Å². The van der Waals surface area contributed by atoms with E-state index in [1.54, 1.807) is 6.20 Å². The van der Waals surface area contributed by atoms with Gasteiger partial charge in [-0.1, -0.05) is 42.0 Å². The van der Waals surface area contributed by atoms with Gasteiger partial charge in [-0.25, -0.2) is 0 Å². The molecular formula is C17H17N3. The van der Waals surface area contributed by atoms with Crippen molar-refractivity contribution in [3.8, 4) is 11.3 Å². The van der Waals surface area contributed by atoms with E-state index < -0.39 is 0 Å². The number of nitrogens with one attached hydrogen (secondary N) is 2. The molecule has 0 aliphatic rings. The van der Waals surface area contributed by atoms with Crippen LogP contribution in [0.15, 0.2) is 60.8 Å². The van der Waals surface area contributed by atoms with Gasteiger partial charge in [-0.2, -0.15) is 5.10 Å². The van der Waals surface area contributed by atoms with Gasteiger partial charge in [0.1, 0.15) is 0 Å². The van der Waals surface area contributed by atoms with Gasteiger partial charge in [0.05, 0.1) is 5.69 Å². The number of aryl methyl sites for hydroxylation is 1. The van der Waals surface area contributed by atoms with Crippen molar-refractivity contribution >= 4 is 5.69 Å². The normalized spacial score (nSPS) is 10.4. The van der Waals surface area contributed by atoms with E-state index in [4.69, 9.17) is 0 Å². The van der Waals surface area contributed by atoms with Gasteiger partial charge in [0, 0.05) is 24.0 Å². The smallest absolute Gasteiger partial charge is 0.0650 e. The quantitative estimate of drug-likeness (QED) is 0.747. The maximum atomic E-state index is 3.98. The van der Waals surface area contributed by atoms with Crippen LogP contribution in [0.3, 0.4) is 0 Å². The third-order valence-corrected chi connectivity index (χ3v) is 3.29. The van der Waals surface area contributed by atoms with Gasteiger partial charge in [-0.3, -0.25) is 5.10 Å². The highest BCUT2D eigenvalue weighted by molar-refractivity contribution is 5.64. The Balaban J connectivity index is 1.72. The lowest BCUT2D eigenvalue weighted by atomic mass is 10.1. The van der Waals surface area contributed by atoms with Crippen molar-refractivity contribution in [2.45, 2.75) is 13.5 Å². The maximum absolute atomic E-state index is 3.98. The summed E-state index contributed by atoms with van der Waals surface area (Å²) in [5.74, 6) is 0. The Labute approximate surface area is 118 Å². The zero-order chi connectivity index (χ0) is 13.8. The molecule has 0 aliphatic heterocycles. The van der Waals surface area contributed by atoms with Gasteiger partial charge in [0.2, 0.25) is 0 Å². The predicted octanol–water partition coefficient (Wildman–Crippen LogP) is 4.00. The number of aromatic nitrogens is 2. The van der Waals surface area contributed by atoms with Crippen LogP contribution in [0.25, 0.3) is 11.3 Å². The molecule has 0 saturated carbocycles. The van der Waals surface area contributed by atoms with Crippen LogP contribution in [0.1, 0.15) is 11.1 Å². The molecule has 100 valence electrons. The first-order valence-corrected chi connectivity index (χ1v) is 6.70. The molecule has 2 N–H and O–H groups in total. The molecule has 2 aromatic carbocycles. The molecule has 0 radical (unpaired) electrons. The molecule has 3 rings (SSSR count). The van der Waals surface area contributed by atoms with Gasteiger partial charge < -0.3 is 5.32 Å². The number of aromatic amines is 1. The molecule has 3 aromatic rings. The highest BCUT2D eigenvalue weighted by atomic mass is 15.1. The van der Waals surface area contributed by atoms with Crippen molar-refractivity contribution in [1.29, 1.82) is 0 Å². The van der Waals surface area contributed by atoms with E-state index >= 15 is 0 Å². The Hall–Kier alpha value is -2.55. The molecule has 0 amide bonds. The van der Waals surface area contributed by atoms with Crippen molar-refractivity contribution in [3.05, 3.63) is 71.9 Å². The number of H-pyrrole nitrogens is 1. The van der Waals surface area contributed by atoms with Crippen molar-refractivity contribution in [1.82, 2.24) is 10.2 Å². The third kappa shape index (κ3) is 2.88. The van der Waals surface area contributed by atoms with Crippen LogP contribution in [-0.4, -0.2) is 10.2 Å². The molecule has 0 atom stereocenters. The minimum Gasteiger partial charge on any atom is -0.381 e. The van der Waals surface area contributed by atoms with E-state index in [0.29, 0.717) is 0 Å². The van der Waals surface area contributed by atoms with E-state index in [9.17, 15) is 0 Å². The number of nitrogens with zero attached hydrogens (tertiary/aromatic N) is 1. The standard InChI is InChI=1S/C17H17N3/c1-13-5-7-14(8-6-13)12-18-16-4-2-3-15(11-16)17-9-10-19-20-17/h2-11,18H,12H2,1H3,(H,19,20). The Kier molecular flexibility index (Phi) is 3.50. The zero-order valence-electron chi connectivity index (χ0n) is 11.4.